The Morgan fingerprint density at radius 1 is 1.43 bits per heavy atom. The molecule has 0 unspecified atom stereocenters. The number of aryl methyl sites for hydroxylation is 1. The number of nitrogens with zero attached hydrogens (tertiary/aromatic N) is 3. The maximum Gasteiger partial charge on any atom is 0.358 e. The quantitative estimate of drug-likeness (QED) is 0.851. The van der Waals surface area contributed by atoms with Crippen LogP contribution in [0.5, 0.6) is 0 Å². The molecule has 7 nitrogen and oxygen atoms in total. The number of carbonyl (C=O) groups is 2. The smallest absolute Gasteiger partial charge is 0.358 e. The molecule has 1 aromatic carbocycles. The summed E-state index contributed by atoms with van der Waals surface area (Å²) in [6, 6.07) is 4.28. The molecule has 0 aliphatic carbocycles. The van der Waals surface area contributed by atoms with Crippen molar-refractivity contribution in [3.8, 4) is 0 Å². The predicted octanol–water partition coefficient (Wildman–Crippen LogP) is 0.854. The molecule has 1 amide bonds. The average Bonchev–Trinajstić information content (AvgIpc) is 2.90. The van der Waals surface area contributed by atoms with Crippen molar-refractivity contribution in [2.45, 2.75) is 13.5 Å². The number of hydrogen-bond donors (Lipinski definition) is 2. The number of aromatic carboxylic acids is 1. The van der Waals surface area contributed by atoms with E-state index < -0.39 is 17.7 Å². The molecule has 8 heteroatoms. The summed E-state index contributed by atoms with van der Waals surface area (Å²) in [5.41, 5.74) is 0.579. The van der Waals surface area contributed by atoms with Crippen molar-refractivity contribution in [1.29, 1.82) is 0 Å². The van der Waals surface area contributed by atoms with Gasteiger partial charge in [0.05, 0.1) is 18.3 Å². The minimum absolute atomic E-state index is 0.0279. The van der Waals surface area contributed by atoms with Crippen LogP contribution in [-0.2, 0) is 6.54 Å². The Morgan fingerprint density at radius 3 is 2.86 bits per heavy atom. The van der Waals surface area contributed by atoms with Gasteiger partial charge in [-0.1, -0.05) is 16.8 Å². The maximum absolute atomic E-state index is 13.5. The fraction of sp³-hybridized carbons (Fsp3) is 0.231. The van der Waals surface area contributed by atoms with Crippen LogP contribution in [0.15, 0.2) is 24.4 Å². The fourth-order valence-corrected chi connectivity index (χ4v) is 1.70. The Hall–Kier alpha value is -2.77. The maximum atomic E-state index is 13.5. The van der Waals surface area contributed by atoms with Gasteiger partial charge in [0.15, 0.2) is 5.69 Å². The number of hydrogen-bond acceptors (Lipinski definition) is 4. The number of benzene rings is 1. The third-order valence-electron chi connectivity index (χ3n) is 2.75. The Balaban J connectivity index is 1.92. The van der Waals surface area contributed by atoms with Gasteiger partial charge < -0.3 is 10.4 Å². The first-order valence-corrected chi connectivity index (χ1v) is 6.15. The first kappa shape index (κ1) is 14.6. The van der Waals surface area contributed by atoms with E-state index >= 15 is 0 Å². The molecule has 0 saturated heterocycles. The van der Waals surface area contributed by atoms with E-state index in [0.29, 0.717) is 0 Å². The molecule has 0 bridgehead atoms. The molecule has 1 heterocycles. The van der Waals surface area contributed by atoms with Crippen molar-refractivity contribution in [2.75, 3.05) is 6.54 Å². The van der Waals surface area contributed by atoms with Crippen LogP contribution in [0.1, 0.15) is 26.4 Å². The molecule has 21 heavy (non-hydrogen) atoms. The number of nitrogens with one attached hydrogen (secondary N) is 1. The van der Waals surface area contributed by atoms with Crippen LogP contribution in [-0.4, -0.2) is 38.5 Å². The summed E-state index contributed by atoms with van der Waals surface area (Å²) in [7, 11) is 0. The van der Waals surface area contributed by atoms with Gasteiger partial charge in [-0.15, -0.1) is 5.10 Å². The summed E-state index contributed by atoms with van der Waals surface area (Å²) < 4.78 is 14.8. The van der Waals surface area contributed by atoms with E-state index in [1.807, 2.05) is 0 Å². The highest BCUT2D eigenvalue weighted by atomic mass is 19.1. The molecule has 2 aromatic rings. The van der Waals surface area contributed by atoms with Crippen molar-refractivity contribution >= 4 is 11.9 Å². The molecule has 0 aliphatic heterocycles. The van der Waals surface area contributed by atoms with Crippen molar-refractivity contribution < 1.29 is 19.1 Å². The Morgan fingerprint density at radius 2 is 2.19 bits per heavy atom. The van der Waals surface area contributed by atoms with E-state index in [-0.39, 0.29) is 24.3 Å². The van der Waals surface area contributed by atoms with Gasteiger partial charge in [0.1, 0.15) is 5.82 Å². The molecule has 0 spiro atoms. The summed E-state index contributed by atoms with van der Waals surface area (Å²) in [5.74, 6) is -2.30. The summed E-state index contributed by atoms with van der Waals surface area (Å²) in [4.78, 5) is 22.5. The van der Waals surface area contributed by atoms with Gasteiger partial charge in [0.2, 0.25) is 0 Å². The average molecular weight is 292 g/mol. The number of halogens is 1. The second-order valence-electron chi connectivity index (χ2n) is 4.41. The number of aromatic nitrogens is 3. The van der Waals surface area contributed by atoms with Crippen molar-refractivity contribution in [3.63, 3.8) is 0 Å². The summed E-state index contributed by atoms with van der Waals surface area (Å²) >= 11 is 0. The van der Waals surface area contributed by atoms with Crippen molar-refractivity contribution in [2.24, 2.45) is 0 Å². The van der Waals surface area contributed by atoms with Gasteiger partial charge >= 0.3 is 5.97 Å². The largest absolute Gasteiger partial charge is 0.476 e. The lowest BCUT2D eigenvalue weighted by Crippen LogP contribution is -2.28. The number of rotatable bonds is 5. The van der Waals surface area contributed by atoms with E-state index in [1.165, 1.54) is 23.0 Å². The molecule has 0 aliphatic rings. The van der Waals surface area contributed by atoms with E-state index in [4.69, 9.17) is 5.11 Å². The summed E-state index contributed by atoms with van der Waals surface area (Å²) in [6.45, 7) is 2.17. The van der Waals surface area contributed by atoms with Gasteiger partial charge in [0, 0.05) is 6.54 Å². The molecule has 110 valence electrons. The van der Waals surface area contributed by atoms with E-state index in [2.05, 4.69) is 15.6 Å². The number of carboxylic acids is 1. The number of carboxylic acid groups (broad SMARTS) is 1. The zero-order chi connectivity index (χ0) is 15.4. The van der Waals surface area contributed by atoms with Crippen molar-refractivity contribution in [1.82, 2.24) is 20.3 Å². The van der Waals surface area contributed by atoms with E-state index in [9.17, 15) is 14.0 Å². The van der Waals surface area contributed by atoms with Crippen LogP contribution in [0.4, 0.5) is 4.39 Å². The highest BCUT2D eigenvalue weighted by Crippen LogP contribution is 2.09. The first-order chi connectivity index (χ1) is 9.97. The lowest BCUT2D eigenvalue weighted by atomic mass is 10.1. The van der Waals surface area contributed by atoms with Crippen LogP contribution in [0.2, 0.25) is 0 Å². The molecule has 0 fully saturated rings. The summed E-state index contributed by atoms with van der Waals surface area (Å²) in [5, 5.41) is 18.3. The molecule has 2 rings (SSSR count). The van der Waals surface area contributed by atoms with Gasteiger partial charge in [-0.3, -0.25) is 4.79 Å². The lowest BCUT2D eigenvalue weighted by molar-refractivity contribution is 0.0690. The molecular formula is C13H13FN4O3. The minimum Gasteiger partial charge on any atom is -0.476 e. The van der Waals surface area contributed by atoms with Crippen LogP contribution >= 0.6 is 0 Å². The Labute approximate surface area is 119 Å². The molecule has 1 aromatic heterocycles. The molecule has 0 atom stereocenters. The number of carbonyl (C=O) groups excluding carboxylic acids is 1. The molecule has 0 saturated carbocycles. The summed E-state index contributed by atoms with van der Waals surface area (Å²) in [6.07, 6.45) is 1.25. The topological polar surface area (TPSA) is 97.1 Å². The first-order valence-electron chi connectivity index (χ1n) is 6.15. The predicted molar refractivity (Wildman–Crippen MR) is 70.5 cm³/mol. The minimum atomic E-state index is -1.17. The van der Waals surface area contributed by atoms with Crippen LogP contribution in [0.25, 0.3) is 0 Å². The highest BCUT2D eigenvalue weighted by Gasteiger charge is 2.12. The normalized spacial score (nSPS) is 10.4. The van der Waals surface area contributed by atoms with Crippen LogP contribution in [0.3, 0.4) is 0 Å². The van der Waals surface area contributed by atoms with Gasteiger partial charge in [-0.25, -0.2) is 13.9 Å². The molecule has 2 N–H and O–H groups in total. The van der Waals surface area contributed by atoms with E-state index in [1.54, 1.807) is 13.0 Å². The third kappa shape index (κ3) is 3.62. The zero-order valence-corrected chi connectivity index (χ0v) is 11.2. The standard InChI is InChI=1S/C13H13FN4O3/c1-8-2-3-10(14)9(6-8)12(19)15-4-5-18-7-11(13(20)21)16-17-18/h2-3,6-7H,4-5H2,1H3,(H,15,19)(H,20,21). The van der Waals surface area contributed by atoms with Crippen LogP contribution < -0.4 is 5.32 Å². The molecule has 0 radical (unpaired) electrons. The monoisotopic (exact) mass is 292 g/mol. The molecular weight excluding hydrogens is 279 g/mol. The Kier molecular flexibility index (Phi) is 4.27. The van der Waals surface area contributed by atoms with Gasteiger partial charge in [0.25, 0.3) is 5.91 Å². The van der Waals surface area contributed by atoms with Crippen LogP contribution in [0, 0.1) is 12.7 Å². The van der Waals surface area contributed by atoms with Gasteiger partial charge in [-0.05, 0) is 19.1 Å². The Bertz CT molecular complexity index is 684. The second kappa shape index (κ2) is 6.12. The SMILES string of the molecule is Cc1ccc(F)c(C(=O)NCCn2cc(C(=O)O)nn2)c1. The second-order valence-corrected chi connectivity index (χ2v) is 4.41. The number of amides is 1. The highest BCUT2D eigenvalue weighted by molar-refractivity contribution is 5.94. The lowest BCUT2D eigenvalue weighted by Gasteiger charge is -2.06. The fourth-order valence-electron chi connectivity index (χ4n) is 1.70. The third-order valence-corrected chi connectivity index (χ3v) is 2.75. The zero-order valence-electron chi connectivity index (χ0n) is 11.2. The van der Waals surface area contributed by atoms with Crippen molar-refractivity contribution in [3.05, 3.63) is 47.0 Å². The van der Waals surface area contributed by atoms with E-state index in [0.717, 1.165) is 5.56 Å². The van der Waals surface area contributed by atoms with Gasteiger partial charge in [-0.2, -0.15) is 0 Å².